The zero-order chi connectivity index (χ0) is 9.07. The van der Waals surface area contributed by atoms with Crippen LogP contribution in [-0.2, 0) is 0 Å². The molecule has 0 N–H and O–H groups in total. The van der Waals surface area contributed by atoms with E-state index in [1.54, 1.807) is 0 Å². The monoisotopic (exact) mass is 231 g/mol. The van der Waals surface area contributed by atoms with E-state index in [0.717, 1.165) is 6.42 Å². The zero-order valence-electron chi connectivity index (χ0n) is 7.07. The van der Waals surface area contributed by atoms with Crippen molar-refractivity contribution in [1.82, 2.24) is 0 Å². The Hall–Kier alpha value is 1.09. The highest BCUT2D eigenvalue weighted by atomic mass is 35.8. The van der Waals surface area contributed by atoms with E-state index in [-0.39, 0.29) is 5.54 Å². The van der Waals surface area contributed by atoms with Crippen LogP contribution in [-0.4, -0.2) is 6.00 Å². The van der Waals surface area contributed by atoms with E-state index < -0.39 is 6.00 Å². The number of hydrogen-bond acceptors (Lipinski definition) is 0. The van der Waals surface area contributed by atoms with Crippen molar-refractivity contribution in [1.29, 1.82) is 0 Å². The highest BCUT2D eigenvalue weighted by Crippen LogP contribution is 2.39. The van der Waals surface area contributed by atoms with Crippen molar-refractivity contribution in [2.75, 3.05) is 0 Å². The fraction of sp³-hybridized carbons (Fsp3) is 0.857. The van der Waals surface area contributed by atoms with Crippen LogP contribution in [0.5, 0.6) is 0 Å². The minimum atomic E-state index is -2.49. The predicted octanol–water partition coefficient (Wildman–Crippen LogP) is 4.28. The normalized spacial score (nSPS) is 15.5. The summed E-state index contributed by atoms with van der Waals surface area (Å²) in [6.45, 7) is 6.26. The van der Waals surface area contributed by atoms with Crippen molar-refractivity contribution in [3.05, 3.63) is 6.42 Å². The van der Waals surface area contributed by atoms with Crippen LogP contribution < -0.4 is 0 Å². The first-order valence-corrected chi connectivity index (χ1v) is 8.91. The molecule has 67 valence electrons. The first-order valence-electron chi connectivity index (χ1n) is 3.79. The maximum Gasteiger partial charge on any atom is 0.344 e. The molecule has 0 aliphatic rings. The fourth-order valence-corrected chi connectivity index (χ4v) is 4.05. The van der Waals surface area contributed by atoms with Crippen LogP contribution in [0.4, 0.5) is 0 Å². The second kappa shape index (κ2) is 4.96. The van der Waals surface area contributed by atoms with Crippen LogP contribution in [0.25, 0.3) is 0 Å². The van der Waals surface area contributed by atoms with Gasteiger partial charge in [-0.25, -0.2) is 0 Å². The van der Waals surface area contributed by atoms with Gasteiger partial charge in [0.15, 0.2) is 0 Å². The van der Waals surface area contributed by atoms with Crippen LogP contribution in [0, 0.1) is 12.3 Å². The Morgan fingerprint density at radius 1 is 1.27 bits per heavy atom. The van der Waals surface area contributed by atoms with Gasteiger partial charge in [0, 0.05) is 0 Å². The second-order valence-corrected chi connectivity index (χ2v) is 11.9. The molecule has 0 aliphatic heterocycles. The van der Waals surface area contributed by atoms with E-state index in [4.69, 9.17) is 33.2 Å². The zero-order valence-corrected chi connectivity index (χ0v) is 10.3. The van der Waals surface area contributed by atoms with Gasteiger partial charge in [-0.05, 0) is 17.9 Å². The molecule has 0 heterocycles. The Morgan fingerprint density at radius 3 is 1.82 bits per heavy atom. The van der Waals surface area contributed by atoms with Crippen molar-refractivity contribution < 1.29 is 0 Å². The molecule has 1 radical (unpaired) electrons. The maximum atomic E-state index is 5.88. The van der Waals surface area contributed by atoms with Crippen LogP contribution in [0.2, 0.25) is 5.54 Å². The SMILES string of the molecule is CCC([CH]C(C)C)[Si](Cl)(Cl)Cl. The third-order valence-electron chi connectivity index (χ3n) is 1.48. The lowest BCUT2D eigenvalue weighted by atomic mass is 10.1. The van der Waals surface area contributed by atoms with Gasteiger partial charge in [-0.15, -0.1) is 33.2 Å². The van der Waals surface area contributed by atoms with Gasteiger partial charge in [0.25, 0.3) is 0 Å². The quantitative estimate of drug-likeness (QED) is 0.501. The summed E-state index contributed by atoms with van der Waals surface area (Å²) in [7, 11) is 0. The number of hydrogen-bond donors (Lipinski definition) is 0. The summed E-state index contributed by atoms with van der Waals surface area (Å²) in [5.41, 5.74) is 0.201. The molecule has 1 atom stereocenters. The van der Waals surface area contributed by atoms with E-state index in [1.807, 2.05) is 0 Å². The molecule has 0 aromatic heterocycles. The first-order chi connectivity index (χ1) is 4.88. The first kappa shape index (κ1) is 12.1. The van der Waals surface area contributed by atoms with E-state index in [2.05, 4.69) is 27.2 Å². The van der Waals surface area contributed by atoms with Gasteiger partial charge < -0.3 is 0 Å². The van der Waals surface area contributed by atoms with Crippen LogP contribution in [0.1, 0.15) is 27.2 Å². The van der Waals surface area contributed by atoms with Crippen LogP contribution >= 0.6 is 33.2 Å². The molecule has 4 heteroatoms. The summed E-state index contributed by atoms with van der Waals surface area (Å²) in [6.07, 6.45) is 3.07. The Labute approximate surface area is 84.3 Å². The largest absolute Gasteiger partial charge is 0.344 e. The minimum Gasteiger partial charge on any atom is -0.126 e. The van der Waals surface area contributed by atoms with Crippen molar-refractivity contribution >= 4 is 39.2 Å². The highest BCUT2D eigenvalue weighted by molar-refractivity contribution is 7.65. The van der Waals surface area contributed by atoms with Gasteiger partial charge in [-0.2, -0.15) is 0 Å². The third-order valence-corrected chi connectivity index (χ3v) is 5.44. The molecule has 0 saturated heterocycles. The second-order valence-electron chi connectivity index (χ2n) is 2.99. The molecule has 0 amide bonds. The Balaban J connectivity index is 3.96. The van der Waals surface area contributed by atoms with Gasteiger partial charge in [-0.1, -0.05) is 27.2 Å². The summed E-state index contributed by atoms with van der Waals surface area (Å²) in [6, 6.07) is -2.49. The van der Waals surface area contributed by atoms with Gasteiger partial charge in [0.1, 0.15) is 0 Å². The van der Waals surface area contributed by atoms with E-state index in [0.29, 0.717) is 5.92 Å². The number of halogens is 3. The molecule has 1 unspecified atom stereocenters. The van der Waals surface area contributed by atoms with E-state index in [9.17, 15) is 0 Å². The summed E-state index contributed by atoms with van der Waals surface area (Å²) < 4.78 is 0. The average Bonchev–Trinajstić information content (AvgIpc) is 1.79. The molecular weight excluding hydrogens is 219 g/mol. The Morgan fingerprint density at radius 2 is 1.73 bits per heavy atom. The molecule has 0 aliphatic carbocycles. The molecule has 11 heavy (non-hydrogen) atoms. The Kier molecular flexibility index (Phi) is 5.45. The van der Waals surface area contributed by atoms with Gasteiger partial charge in [0.2, 0.25) is 0 Å². The predicted molar refractivity (Wildman–Crippen MR) is 56.5 cm³/mol. The summed E-state index contributed by atoms with van der Waals surface area (Å²) in [4.78, 5) is 0. The molecular formula is C7H14Cl3Si. The Bertz CT molecular complexity index is 109. The van der Waals surface area contributed by atoms with Crippen molar-refractivity contribution in [2.24, 2.45) is 5.92 Å². The molecule has 0 fully saturated rings. The molecule has 0 bridgehead atoms. The molecule has 0 saturated carbocycles. The average molecular weight is 233 g/mol. The molecule has 0 aromatic carbocycles. The van der Waals surface area contributed by atoms with Gasteiger partial charge >= 0.3 is 6.00 Å². The van der Waals surface area contributed by atoms with Crippen LogP contribution in [0.3, 0.4) is 0 Å². The summed E-state index contributed by atoms with van der Waals surface area (Å²) in [5.74, 6) is 0.503. The molecule has 0 aromatic rings. The van der Waals surface area contributed by atoms with Gasteiger partial charge in [0.05, 0.1) is 0 Å². The van der Waals surface area contributed by atoms with Crippen molar-refractivity contribution in [3.8, 4) is 0 Å². The number of rotatable bonds is 4. The van der Waals surface area contributed by atoms with Gasteiger partial charge in [-0.3, -0.25) is 0 Å². The third kappa shape index (κ3) is 5.35. The molecule has 0 nitrogen and oxygen atoms in total. The van der Waals surface area contributed by atoms with Crippen LogP contribution in [0.15, 0.2) is 0 Å². The van der Waals surface area contributed by atoms with Crippen molar-refractivity contribution in [2.45, 2.75) is 32.7 Å². The fourth-order valence-electron chi connectivity index (χ4n) is 0.941. The molecule has 0 rings (SSSR count). The maximum absolute atomic E-state index is 5.88. The topological polar surface area (TPSA) is 0 Å². The summed E-state index contributed by atoms with van der Waals surface area (Å²) >= 11 is 17.6. The van der Waals surface area contributed by atoms with E-state index in [1.165, 1.54) is 0 Å². The lowest BCUT2D eigenvalue weighted by Gasteiger charge is -2.21. The minimum absolute atomic E-state index is 0.201. The lowest BCUT2D eigenvalue weighted by Crippen LogP contribution is -2.21. The smallest absolute Gasteiger partial charge is 0.126 e. The molecule has 0 spiro atoms. The lowest BCUT2D eigenvalue weighted by molar-refractivity contribution is 0.688. The van der Waals surface area contributed by atoms with Crippen molar-refractivity contribution in [3.63, 3.8) is 0 Å². The standard InChI is InChI=1S/C7H14Cl3Si/c1-4-7(5-6(2)3)11(8,9)10/h5-7H,4H2,1-3H3. The van der Waals surface area contributed by atoms with E-state index >= 15 is 0 Å². The summed E-state index contributed by atoms with van der Waals surface area (Å²) in [5, 5.41) is 0. The highest BCUT2D eigenvalue weighted by Gasteiger charge is 2.35.